The zero-order valence-electron chi connectivity index (χ0n) is 8.90. The number of carbonyl (C=O) groups is 1. The number of aryl methyl sites for hydroxylation is 2. The van der Waals surface area contributed by atoms with Crippen LogP contribution in [0.4, 0.5) is 0 Å². The van der Waals surface area contributed by atoms with Gasteiger partial charge in [-0.05, 0) is 24.6 Å². The summed E-state index contributed by atoms with van der Waals surface area (Å²) in [5, 5.41) is 10.5. The molecule has 0 aliphatic carbocycles. The Balaban J connectivity index is 2.44. The van der Waals surface area contributed by atoms with Crippen LogP contribution in [0.15, 0.2) is 24.4 Å². The minimum atomic E-state index is -0.790. The van der Waals surface area contributed by atoms with Gasteiger partial charge in [0.1, 0.15) is 0 Å². The molecule has 0 unspecified atom stereocenters. The second kappa shape index (κ2) is 4.18. The molecule has 4 heteroatoms. The normalized spacial score (nSPS) is 10.9. The van der Waals surface area contributed by atoms with Crippen molar-refractivity contribution in [3.8, 4) is 0 Å². The second-order valence-corrected chi connectivity index (χ2v) is 4.25. The van der Waals surface area contributed by atoms with Gasteiger partial charge in [0.05, 0.1) is 6.42 Å². The van der Waals surface area contributed by atoms with Gasteiger partial charge in [0.2, 0.25) is 0 Å². The van der Waals surface area contributed by atoms with E-state index in [0.29, 0.717) is 11.6 Å². The molecule has 1 N–H and O–H groups in total. The number of benzene rings is 1. The molecule has 0 bridgehead atoms. The summed E-state index contributed by atoms with van der Waals surface area (Å²) in [4.78, 5) is 10.5. The van der Waals surface area contributed by atoms with Gasteiger partial charge < -0.3 is 9.67 Å². The molecule has 0 radical (unpaired) electrons. The molecular weight excluding hydrogens is 226 g/mol. The largest absolute Gasteiger partial charge is 0.481 e. The fourth-order valence-corrected chi connectivity index (χ4v) is 2.02. The first-order valence-electron chi connectivity index (χ1n) is 5.05. The highest BCUT2D eigenvalue weighted by Gasteiger charge is 2.07. The minimum absolute atomic E-state index is 0.121. The summed E-state index contributed by atoms with van der Waals surface area (Å²) >= 11 is 5.93. The molecule has 3 nitrogen and oxygen atoms in total. The Morgan fingerprint density at radius 2 is 2.25 bits per heavy atom. The standard InChI is InChI=1S/C12H12ClNO2/c1-8-7-14(5-4-12(15)16)11-6-9(13)2-3-10(8)11/h2-3,6-7H,4-5H2,1H3,(H,15,16). The molecule has 16 heavy (non-hydrogen) atoms. The molecular formula is C12H12ClNO2. The lowest BCUT2D eigenvalue weighted by atomic mass is 10.2. The Hall–Kier alpha value is -1.48. The van der Waals surface area contributed by atoms with Crippen LogP contribution >= 0.6 is 11.6 Å². The summed E-state index contributed by atoms with van der Waals surface area (Å²) in [5.41, 5.74) is 2.13. The molecule has 1 heterocycles. The Kier molecular flexibility index (Phi) is 2.88. The summed E-state index contributed by atoms with van der Waals surface area (Å²) in [6.07, 6.45) is 2.08. The van der Waals surface area contributed by atoms with Crippen molar-refractivity contribution in [2.24, 2.45) is 0 Å². The summed E-state index contributed by atoms with van der Waals surface area (Å²) in [5.74, 6) is -0.790. The molecule has 2 rings (SSSR count). The van der Waals surface area contributed by atoms with E-state index in [1.54, 1.807) is 0 Å². The van der Waals surface area contributed by atoms with Crippen molar-refractivity contribution >= 4 is 28.5 Å². The van der Waals surface area contributed by atoms with Gasteiger partial charge in [0.25, 0.3) is 0 Å². The van der Waals surface area contributed by atoms with E-state index >= 15 is 0 Å². The number of carboxylic acid groups (broad SMARTS) is 1. The molecule has 1 aromatic carbocycles. The van der Waals surface area contributed by atoms with Crippen molar-refractivity contribution in [3.05, 3.63) is 35.0 Å². The Morgan fingerprint density at radius 1 is 1.50 bits per heavy atom. The fraction of sp³-hybridized carbons (Fsp3) is 0.250. The highest BCUT2D eigenvalue weighted by molar-refractivity contribution is 6.31. The van der Waals surface area contributed by atoms with Crippen LogP contribution in [0.1, 0.15) is 12.0 Å². The molecule has 0 saturated carbocycles. The maximum absolute atomic E-state index is 10.5. The molecule has 0 saturated heterocycles. The van der Waals surface area contributed by atoms with E-state index in [2.05, 4.69) is 0 Å². The van der Waals surface area contributed by atoms with E-state index in [1.807, 2.05) is 35.9 Å². The fourth-order valence-electron chi connectivity index (χ4n) is 1.85. The first-order chi connectivity index (χ1) is 7.58. The summed E-state index contributed by atoms with van der Waals surface area (Å²) in [6.45, 7) is 2.48. The third-order valence-electron chi connectivity index (χ3n) is 2.61. The predicted octanol–water partition coefficient (Wildman–Crippen LogP) is 3.08. The Bertz CT molecular complexity index is 545. The van der Waals surface area contributed by atoms with Gasteiger partial charge in [-0.15, -0.1) is 0 Å². The minimum Gasteiger partial charge on any atom is -0.481 e. The van der Waals surface area contributed by atoms with Crippen molar-refractivity contribution in [2.75, 3.05) is 0 Å². The van der Waals surface area contributed by atoms with E-state index < -0.39 is 5.97 Å². The van der Waals surface area contributed by atoms with E-state index in [9.17, 15) is 4.79 Å². The van der Waals surface area contributed by atoms with E-state index in [1.165, 1.54) is 0 Å². The SMILES string of the molecule is Cc1cn(CCC(=O)O)c2cc(Cl)ccc12. The van der Waals surface area contributed by atoms with Crippen LogP contribution < -0.4 is 0 Å². The summed E-state index contributed by atoms with van der Waals surface area (Å²) < 4.78 is 1.94. The zero-order valence-corrected chi connectivity index (χ0v) is 9.66. The van der Waals surface area contributed by atoms with Crippen molar-refractivity contribution in [2.45, 2.75) is 19.9 Å². The van der Waals surface area contributed by atoms with Crippen LogP contribution in [0.5, 0.6) is 0 Å². The molecule has 1 aromatic heterocycles. The zero-order chi connectivity index (χ0) is 11.7. The summed E-state index contributed by atoms with van der Waals surface area (Å²) in [6, 6.07) is 5.68. The van der Waals surface area contributed by atoms with Gasteiger partial charge in [0, 0.05) is 28.7 Å². The third kappa shape index (κ3) is 2.04. The van der Waals surface area contributed by atoms with Gasteiger partial charge in [-0.3, -0.25) is 4.79 Å². The first kappa shape index (κ1) is 11.0. The van der Waals surface area contributed by atoms with E-state index in [0.717, 1.165) is 16.5 Å². The average Bonchev–Trinajstić information content (AvgIpc) is 2.52. The molecule has 0 atom stereocenters. The van der Waals surface area contributed by atoms with Gasteiger partial charge >= 0.3 is 5.97 Å². The number of aliphatic carboxylic acids is 1. The van der Waals surface area contributed by atoms with E-state index in [4.69, 9.17) is 16.7 Å². The van der Waals surface area contributed by atoms with Crippen LogP contribution in [0, 0.1) is 6.92 Å². The van der Waals surface area contributed by atoms with Crippen LogP contribution in [0.2, 0.25) is 5.02 Å². The van der Waals surface area contributed by atoms with Crippen LogP contribution in [-0.4, -0.2) is 15.6 Å². The number of fused-ring (bicyclic) bond motifs is 1. The lowest BCUT2D eigenvalue weighted by Crippen LogP contribution is -2.03. The Morgan fingerprint density at radius 3 is 2.94 bits per heavy atom. The number of aromatic nitrogens is 1. The molecule has 0 aliphatic heterocycles. The van der Waals surface area contributed by atoms with Crippen molar-refractivity contribution in [3.63, 3.8) is 0 Å². The van der Waals surface area contributed by atoms with Crippen LogP contribution in [0.3, 0.4) is 0 Å². The molecule has 0 amide bonds. The monoisotopic (exact) mass is 237 g/mol. The number of nitrogens with zero attached hydrogens (tertiary/aromatic N) is 1. The Labute approximate surface area is 98.3 Å². The maximum atomic E-state index is 10.5. The maximum Gasteiger partial charge on any atom is 0.305 e. The molecule has 0 fully saturated rings. The number of halogens is 1. The second-order valence-electron chi connectivity index (χ2n) is 3.81. The van der Waals surface area contributed by atoms with Gasteiger partial charge in [-0.25, -0.2) is 0 Å². The molecule has 2 aromatic rings. The number of hydrogen-bond donors (Lipinski definition) is 1. The number of hydrogen-bond acceptors (Lipinski definition) is 1. The number of rotatable bonds is 3. The van der Waals surface area contributed by atoms with Gasteiger partial charge in [-0.2, -0.15) is 0 Å². The van der Waals surface area contributed by atoms with Gasteiger partial charge in [0.15, 0.2) is 0 Å². The van der Waals surface area contributed by atoms with Crippen molar-refractivity contribution in [1.29, 1.82) is 0 Å². The topological polar surface area (TPSA) is 42.2 Å². The smallest absolute Gasteiger partial charge is 0.305 e. The van der Waals surface area contributed by atoms with E-state index in [-0.39, 0.29) is 6.42 Å². The molecule has 84 valence electrons. The molecule has 0 spiro atoms. The van der Waals surface area contributed by atoms with Gasteiger partial charge in [-0.1, -0.05) is 17.7 Å². The predicted molar refractivity (Wildman–Crippen MR) is 63.9 cm³/mol. The summed E-state index contributed by atoms with van der Waals surface area (Å²) in [7, 11) is 0. The van der Waals surface area contributed by atoms with Crippen molar-refractivity contribution < 1.29 is 9.90 Å². The number of carboxylic acids is 1. The lowest BCUT2D eigenvalue weighted by molar-refractivity contribution is -0.137. The van der Waals surface area contributed by atoms with Crippen LogP contribution in [-0.2, 0) is 11.3 Å². The molecule has 0 aliphatic rings. The average molecular weight is 238 g/mol. The van der Waals surface area contributed by atoms with Crippen LogP contribution in [0.25, 0.3) is 10.9 Å². The highest BCUT2D eigenvalue weighted by atomic mass is 35.5. The van der Waals surface area contributed by atoms with Crippen molar-refractivity contribution in [1.82, 2.24) is 4.57 Å². The first-order valence-corrected chi connectivity index (χ1v) is 5.42. The lowest BCUT2D eigenvalue weighted by Gasteiger charge is -2.02. The third-order valence-corrected chi connectivity index (χ3v) is 2.85. The quantitative estimate of drug-likeness (QED) is 0.892. The highest BCUT2D eigenvalue weighted by Crippen LogP contribution is 2.24.